The lowest BCUT2D eigenvalue weighted by Gasteiger charge is -2.33. The van der Waals surface area contributed by atoms with Crippen LogP contribution in [0.25, 0.3) is 0 Å². The SMILES string of the molecule is CC(C)[C@H](NC(=O)Cc1ccc([Si](O)(C(C)C)C(C)C)cc1)C(=O)NCCC(=O)N[C@@H](Cc1ccccc1)C(=O)NCC(N)=O.CC(C)[Si](O)(c1ccc(CC(=O)ON2C(=O)CCC2=O)cc1)C(C)C. The minimum Gasteiger partial charge on any atom is -0.427 e. The summed E-state index contributed by atoms with van der Waals surface area (Å²) in [5, 5.41) is 13.0. The van der Waals surface area contributed by atoms with E-state index >= 15 is 0 Å². The second kappa shape index (κ2) is 26.8. The van der Waals surface area contributed by atoms with E-state index in [9.17, 15) is 47.9 Å². The third-order valence-electron chi connectivity index (χ3n) is 12.6. The number of hydrogen-bond donors (Lipinski definition) is 7. The zero-order valence-corrected chi connectivity index (χ0v) is 44.3. The molecule has 0 bridgehead atoms. The topological polar surface area (TPSA) is 264 Å². The number of imide groups is 1. The first-order chi connectivity index (χ1) is 32.8. The molecule has 0 aromatic heterocycles. The second-order valence-corrected chi connectivity index (χ2v) is 28.5. The van der Waals surface area contributed by atoms with E-state index in [0.29, 0.717) is 10.6 Å². The zero-order chi connectivity index (χ0) is 52.5. The van der Waals surface area contributed by atoms with Crippen LogP contribution in [0.1, 0.15) is 105 Å². The molecular weight excluding hydrogens is 929 g/mol. The number of carbonyl (C=O) groups excluding carboxylic acids is 8. The molecule has 1 heterocycles. The van der Waals surface area contributed by atoms with Gasteiger partial charge in [-0.1, -0.05) is 148 Å². The average molecular weight is 1000 g/mol. The number of nitrogens with zero attached hydrogens (tertiary/aromatic N) is 1. The highest BCUT2D eigenvalue weighted by molar-refractivity contribution is 6.88. The molecule has 19 heteroatoms. The lowest BCUT2D eigenvalue weighted by Crippen LogP contribution is -2.53. The quantitative estimate of drug-likeness (QED) is 0.0537. The van der Waals surface area contributed by atoms with E-state index in [2.05, 4.69) is 21.3 Å². The van der Waals surface area contributed by atoms with Gasteiger partial charge in [0.2, 0.25) is 46.2 Å². The molecule has 17 nitrogen and oxygen atoms in total. The minimum absolute atomic E-state index is 0.00924. The Hall–Kier alpha value is -6.03. The molecule has 0 saturated carbocycles. The van der Waals surface area contributed by atoms with Gasteiger partial charge in [-0.2, -0.15) is 0 Å². The van der Waals surface area contributed by atoms with Crippen LogP contribution < -0.4 is 37.4 Å². The van der Waals surface area contributed by atoms with Gasteiger partial charge in [-0.05, 0) is 55.1 Å². The van der Waals surface area contributed by atoms with Gasteiger partial charge < -0.3 is 41.4 Å². The maximum absolute atomic E-state index is 13.0. The molecular formula is C51H74N6O11Si2. The van der Waals surface area contributed by atoms with Crippen LogP contribution in [0.5, 0.6) is 0 Å². The Morgan fingerprint density at radius 2 is 1.09 bits per heavy atom. The van der Waals surface area contributed by atoms with Crippen LogP contribution in [0.3, 0.4) is 0 Å². The summed E-state index contributed by atoms with van der Waals surface area (Å²) in [5.41, 5.74) is 8.05. The van der Waals surface area contributed by atoms with Crippen LogP contribution in [0, 0.1) is 5.92 Å². The maximum Gasteiger partial charge on any atom is 0.337 e. The van der Waals surface area contributed by atoms with Gasteiger partial charge in [0.15, 0.2) is 0 Å². The Morgan fingerprint density at radius 3 is 1.53 bits per heavy atom. The van der Waals surface area contributed by atoms with Crippen molar-refractivity contribution >= 4 is 74.3 Å². The third-order valence-corrected chi connectivity index (χ3v) is 22.1. The van der Waals surface area contributed by atoms with Crippen LogP contribution in [0.2, 0.25) is 22.2 Å². The fourth-order valence-corrected chi connectivity index (χ4v) is 15.1. The highest BCUT2D eigenvalue weighted by Crippen LogP contribution is 2.30. The van der Waals surface area contributed by atoms with E-state index in [4.69, 9.17) is 10.6 Å². The summed E-state index contributed by atoms with van der Waals surface area (Å²) in [6, 6.07) is 22.1. The van der Waals surface area contributed by atoms with Crippen molar-refractivity contribution < 1.29 is 52.8 Å². The van der Waals surface area contributed by atoms with Gasteiger partial charge in [0.1, 0.15) is 12.1 Å². The van der Waals surface area contributed by atoms with Crippen LogP contribution >= 0.6 is 0 Å². The van der Waals surface area contributed by atoms with Gasteiger partial charge in [0.25, 0.3) is 11.8 Å². The molecule has 1 fully saturated rings. The van der Waals surface area contributed by atoms with Gasteiger partial charge in [0, 0.05) is 32.2 Å². The van der Waals surface area contributed by atoms with Crippen molar-refractivity contribution in [1.29, 1.82) is 0 Å². The summed E-state index contributed by atoms with van der Waals surface area (Å²) in [5.74, 6) is -4.31. The number of rotatable bonds is 23. The summed E-state index contributed by atoms with van der Waals surface area (Å²) in [4.78, 5) is 125. The van der Waals surface area contributed by atoms with E-state index in [-0.39, 0.29) is 85.6 Å². The van der Waals surface area contributed by atoms with Crippen LogP contribution in [0.4, 0.5) is 0 Å². The van der Waals surface area contributed by atoms with Gasteiger partial charge in [0.05, 0.1) is 19.4 Å². The molecule has 70 heavy (non-hydrogen) atoms. The fourth-order valence-electron chi connectivity index (χ4n) is 8.38. The number of amides is 7. The van der Waals surface area contributed by atoms with Crippen molar-refractivity contribution in [3.63, 3.8) is 0 Å². The Kier molecular flexibility index (Phi) is 22.3. The van der Waals surface area contributed by atoms with E-state index in [1.807, 2.05) is 136 Å². The molecule has 1 aliphatic rings. The van der Waals surface area contributed by atoms with Crippen LogP contribution in [0.15, 0.2) is 78.9 Å². The fraction of sp³-hybridized carbons (Fsp3) is 0.490. The standard InChI is InChI=1S/C33H49N5O6Si.C18H25NO5Si/c1-21(2)31(38-30(41)19-25-12-14-26(15-13-25)45(44,22(3)4)23(5)6)33(43)35-17-16-29(40)37-27(32(42)36-20-28(34)39)18-24-10-8-7-9-11-24;1-12(2)25(23,13(3)4)15-7-5-14(6-8-15)11-18(22)24-19-16(20)9-10-17(19)21/h7-15,21-23,27,31,44H,16-20H2,1-6H3,(H2,34,39)(H,35,43)(H,36,42)(H,37,40)(H,38,41);5-8,12-13,23H,9-11H2,1-4H3/t27-,31-;/m0./s1. The number of hydroxylamine groups is 2. The van der Waals surface area contributed by atoms with Crippen molar-refractivity contribution in [1.82, 2.24) is 26.3 Å². The zero-order valence-electron chi connectivity index (χ0n) is 42.3. The van der Waals surface area contributed by atoms with Crippen LogP contribution in [-0.2, 0) is 62.5 Å². The number of hydrogen-bond acceptors (Lipinski definition) is 11. The molecule has 3 aromatic carbocycles. The Labute approximate surface area is 414 Å². The Morgan fingerprint density at radius 1 is 0.614 bits per heavy atom. The first-order valence-electron chi connectivity index (χ1n) is 24.0. The molecule has 1 aliphatic heterocycles. The summed E-state index contributed by atoms with van der Waals surface area (Å²) in [7, 11) is -5.28. The number of nitrogens with two attached hydrogens (primary N) is 1. The second-order valence-electron chi connectivity index (χ2n) is 19.4. The number of primary amides is 1. The predicted octanol–water partition coefficient (Wildman–Crippen LogP) is 2.97. The number of nitrogens with one attached hydrogen (secondary N) is 4. The highest BCUT2D eigenvalue weighted by atomic mass is 28.4. The Balaban J connectivity index is 0.000000435. The van der Waals surface area contributed by atoms with E-state index in [1.165, 1.54) is 0 Å². The molecule has 3 aromatic rings. The molecule has 0 unspecified atom stereocenters. The molecule has 1 saturated heterocycles. The normalized spacial score (nSPS) is 13.8. The Bertz CT molecular complexity index is 2240. The summed E-state index contributed by atoms with van der Waals surface area (Å²) in [6.45, 7) is 19.5. The predicted molar refractivity (Wildman–Crippen MR) is 272 cm³/mol. The molecule has 7 amide bonds. The van der Waals surface area contributed by atoms with E-state index < -0.39 is 70.1 Å². The summed E-state index contributed by atoms with van der Waals surface area (Å²) >= 11 is 0. The van der Waals surface area contributed by atoms with Gasteiger partial charge >= 0.3 is 5.97 Å². The van der Waals surface area contributed by atoms with Crippen molar-refractivity contribution in [2.45, 2.75) is 142 Å². The lowest BCUT2D eigenvalue weighted by atomic mass is 10.0. The molecule has 382 valence electrons. The van der Waals surface area contributed by atoms with Gasteiger partial charge in [-0.25, -0.2) is 4.79 Å². The monoisotopic (exact) mass is 1000 g/mol. The van der Waals surface area contributed by atoms with Crippen molar-refractivity contribution in [3.8, 4) is 0 Å². The van der Waals surface area contributed by atoms with Gasteiger partial charge in [-0.15, -0.1) is 5.06 Å². The number of carbonyl (C=O) groups is 8. The molecule has 0 spiro atoms. The van der Waals surface area contributed by atoms with E-state index in [0.717, 1.165) is 21.5 Å². The molecule has 8 N–H and O–H groups in total. The summed E-state index contributed by atoms with van der Waals surface area (Å²) in [6.07, 6.45) is 0.284. The molecule has 0 aliphatic carbocycles. The largest absolute Gasteiger partial charge is 0.427 e. The van der Waals surface area contributed by atoms with Crippen LogP contribution in [-0.4, -0.2) is 104 Å². The molecule has 2 atom stereocenters. The number of benzene rings is 3. The van der Waals surface area contributed by atoms with Gasteiger partial charge in [-0.3, -0.25) is 33.6 Å². The maximum atomic E-state index is 13.0. The highest BCUT2D eigenvalue weighted by Gasteiger charge is 2.41. The first kappa shape index (κ1) is 58.3. The van der Waals surface area contributed by atoms with E-state index in [1.54, 1.807) is 12.1 Å². The van der Waals surface area contributed by atoms with Crippen molar-refractivity contribution in [2.24, 2.45) is 11.7 Å². The first-order valence-corrected chi connectivity index (χ1v) is 28.2. The smallest absolute Gasteiger partial charge is 0.337 e. The van der Waals surface area contributed by atoms with Crippen molar-refractivity contribution in [2.75, 3.05) is 13.1 Å². The average Bonchev–Trinajstić information content (AvgIpc) is 3.61. The summed E-state index contributed by atoms with van der Waals surface area (Å²) < 4.78 is 0. The third kappa shape index (κ3) is 16.6. The molecule has 0 radical (unpaired) electrons. The minimum atomic E-state index is -2.68. The van der Waals surface area contributed by atoms with Crippen molar-refractivity contribution in [3.05, 3.63) is 95.6 Å². The molecule has 4 rings (SSSR count). The lowest BCUT2D eigenvalue weighted by molar-refractivity contribution is -0.197.